The lowest BCUT2D eigenvalue weighted by molar-refractivity contribution is -0.160. The topological polar surface area (TPSA) is 51.2 Å². The Kier molecular flexibility index (Phi) is 10.4. The van der Waals surface area contributed by atoms with E-state index in [1.54, 1.807) is 0 Å². The molecular formula is C37H47N2O4. The van der Waals surface area contributed by atoms with Crippen LogP contribution in [0.2, 0.25) is 0 Å². The van der Waals surface area contributed by atoms with E-state index in [1.807, 2.05) is 51.1 Å². The molecule has 2 fully saturated rings. The largest absolute Gasteiger partial charge is 0.492 e. The van der Waals surface area contributed by atoms with E-state index in [-0.39, 0.29) is 12.0 Å². The van der Waals surface area contributed by atoms with Crippen LogP contribution in [0.15, 0.2) is 60.7 Å². The van der Waals surface area contributed by atoms with E-state index in [4.69, 9.17) is 14.2 Å². The molecule has 0 unspecified atom stereocenters. The Morgan fingerprint density at radius 1 is 0.953 bits per heavy atom. The Balaban J connectivity index is 1.26. The number of aryl methyl sites for hydroxylation is 1. The van der Waals surface area contributed by atoms with Crippen molar-refractivity contribution in [3.05, 3.63) is 94.5 Å². The number of rotatable bonds is 12. The van der Waals surface area contributed by atoms with Crippen LogP contribution in [0.5, 0.6) is 11.5 Å². The summed E-state index contributed by atoms with van der Waals surface area (Å²) in [7, 11) is 0. The molecule has 0 aromatic heterocycles. The van der Waals surface area contributed by atoms with Crippen molar-refractivity contribution in [3.63, 3.8) is 0 Å². The van der Waals surface area contributed by atoms with Gasteiger partial charge in [-0.1, -0.05) is 48.5 Å². The van der Waals surface area contributed by atoms with Crippen LogP contribution in [0.25, 0.3) is 0 Å². The minimum Gasteiger partial charge on any atom is -0.492 e. The van der Waals surface area contributed by atoms with Crippen molar-refractivity contribution in [2.45, 2.75) is 84.6 Å². The third-order valence-electron chi connectivity index (χ3n) is 8.28. The van der Waals surface area contributed by atoms with Crippen molar-refractivity contribution in [1.29, 1.82) is 0 Å². The quantitative estimate of drug-likeness (QED) is 0.220. The van der Waals surface area contributed by atoms with Crippen LogP contribution >= 0.6 is 0 Å². The highest BCUT2D eigenvalue weighted by Crippen LogP contribution is 2.29. The highest BCUT2D eigenvalue weighted by atomic mass is 16.6. The molecule has 229 valence electrons. The van der Waals surface area contributed by atoms with Gasteiger partial charge in [-0.15, -0.1) is 0 Å². The number of carbonyl (C=O) groups excluding carboxylic acids is 1. The van der Waals surface area contributed by atoms with Gasteiger partial charge in [-0.25, -0.2) is 0 Å². The van der Waals surface area contributed by atoms with Gasteiger partial charge in [0.15, 0.2) is 0 Å². The van der Waals surface area contributed by atoms with Gasteiger partial charge in [0.05, 0.1) is 0 Å². The molecule has 2 aliphatic heterocycles. The standard InChI is InChI=1S/C37H47N2O4/c1-28-23-30(14-15-32(28)26-39-20-10-13-34(39)36(40)43-37(2,3)4)24-31-16-17-33(42-27-29-11-6-5-7-12-29)25-35(31)41-22-21-38-18-8-9-19-38/h5-7,11-12,14-15,17,23,25,34H,8-10,13,18-22,24,26-27H2,1-4H3/t34-/m0/s1. The van der Waals surface area contributed by atoms with Gasteiger partial charge >= 0.3 is 5.97 Å². The fourth-order valence-corrected chi connectivity index (χ4v) is 5.99. The van der Waals surface area contributed by atoms with Crippen LogP contribution in [0.4, 0.5) is 0 Å². The zero-order chi connectivity index (χ0) is 30.2. The van der Waals surface area contributed by atoms with E-state index >= 15 is 0 Å². The predicted octanol–water partition coefficient (Wildman–Crippen LogP) is 6.75. The predicted molar refractivity (Wildman–Crippen MR) is 170 cm³/mol. The molecule has 0 aliphatic carbocycles. The minimum atomic E-state index is -0.469. The van der Waals surface area contributed by atoms with Gasteiger partial charge in [-0.3, -0.25) is 14.6 Å². The van der Waals surface area contributed by atoms with E-state index in [9.17, 15) is 4.79 Å². The molecule has 3 aromatic rings. The maximum atomic E-state index is 12.8. The summed E-state index contributed by atoms with van der Waals surface area (Å²) in [5, 5.41) is 0. The first-order chi connectivity index (χ1) is 20.7. The van der Waals surface area contributed by atoms with Gasteiger partial charge in [0.25, 0.3) is 0 Å². The van der Waals surface area contributed by atoms with Crippen LogP contribution in [-0.4, -0.2) is 60.2 Å². The zero-order valence-electron chi connectivity index (χ0n) is 26.4. The summed E-state index contributed by atoms with van der Waals surface area (Å²) in [6.07, 6.45) is 5.15. The van der Waals surface area contributed by atoms with Crippen LogP contribution in [0.1, 0.15) is 74.3 Å². The molecule has 0 saturated carbocycles. The van der Waals surface area contributed by atoms with Gasteiger partial charge in [-0.2, -0.15) is 0 Å². The fourth-order valence-electron chi connectivity index (χ4n) is 5.99. The van der Waals surface area contributed by atoms with Crippen molar-refractivity contribution < 1.29 is 19.0 Å². The van der Waals surface area contributed by atoms with Crippen LogP contribution in [0.3, 0.4) is 0 Å². The summed E-state index contributed by atoms with van der Waals surface area (Å²) < 4.78 is 18.2. The Morgan fingerprint density at radius 3 is 2.49 bits per heavy atom. The summed E-state index contributed by atoms with van der Waals surface area (Å²) in [6.45, 7) is 14.0. The molecule has 0 amide bonds. The summed E-state index contributed by atoms with van der Waals surface area (Å²) in [6, 6.07) is 24.1. The molecule has 0 spiro atoms. The molecule has 6 nitrogen and oxygen atoms in total. The van der Waals surface area contributed by atoms with Crippen LogP contribution in [0, 0.1) is 13.0 Å². The number of nitrogens with zero attached hydrogens (tertiary/aromatic N) is 2. The van der Waals surface area contributed by atoms with E-state index in [0.717, 1.165) is 74.6 Å². The number of hydrogen-bond donors (Lipinski definition) is 0. The van der Waals surface area contributed by atoms with Crippen molar-refractivity contribution in [1.82, 2.24) is 9.80 Å². The Hall–Kier alpha value is -3.35. The average Bonchev–Trinajstić information content (AvgIpc) is 3.67. The Morgan fingerprint density at radius 2 is 1.74 bits per heavy atom. The molecule has 3 aromatic carbocycles. The molecule has 1 atom stereocenters. The van der Waals surface area contributed by atoms with Crippen molar-refractivity contribution in [2.75, 3.05) is 32.8 Å². The Bertz CT molecular complexity index is 1340. The lowest BCUT2D eigenvalue weighted by Gasteiger charge is -2.27. The van der Waals surface area contributed by atoms with E-state index in [0.29, 0.717) is 13.2 Å². The highest BCUT2D eigenvalue weighted by Gasteiger charge is 2.34. The molecular weight excluding hydrogens is 536 g/mol. The number of ether oxygens (including phenoxy) is 3. The number of benzene rings is 3. The summed E-state index contributed by atoms with van der Waals surface area (Å²) in [5.41, 5.74) is 5.38. The third-order valence-corrected chi connectivity index (χ3v) is 8.28. The number of carbonyl (C=O) groups is 1. The highest BCUT2D eigenvalue weighted by molar-refractivity contribution is 5.76. The molecule has 6 heteroatoms. The molecule has 2 aliphatic rings. The average molecular weight is 584 g/mol. The van der Waals surface area contributed by atoms with E-state index in [2.05, 4.69) is 53.1 Å². The second kappa shape index (κ2) is 14.4. The lowest BCUT2D eigenvalue weighted by atomic mass is 9.99. The maximum Gasteiger partial charge on any atom is 0.323 e. The van der Waals surface area contributed by atoms with Crippen molar-refractivity contribution >= 4 is 5.97 Å². The van der Waals surface area contributed by atoms with Crippen LogP contribution < -0.4 is 9.47 Å². The molecule has 2 saturated heterocycles. The molecule has 1 radical (unpaired) electrons. The summed E-state index contributed by atoms with van der Waals surface area (Å²) in [5.74, 6) is 1.49. The van der Waals surface area contributed by atoms with E-state index in [1.165, 1.54) is 29.5 Å². The minimum absolute atomic E-state index is 0.108. The van der Waals surface area contributed by atoms with Gasteiger partial charge in [-0.05, 0) is 107 Å². The van der Waals surface area contributed by atoms with Gasteiger partial charge in [0, 0.05) is 31.1 Å². The first-order valence-electron chi connectivity index (χ1n) is 15.9. The molecule has 43 heavy (non-hydrogen) atoms. The van der Waals surface area contributed by atoms with Gasteiger partial charge in [0.1, 0.15) is 36.4 Å². The zero-order valence-corrected chi connectivity index (χ0v) is 26.4. The normalized spacial score (nSPS) is 17.7. The van der Waals surface area contributed by atoms with Crippen LogP contribution in [-0.2, 0) is 29.1 Å². The van der Waals surface area contributed by atoms with Crippen molar-refractivity contribution in [2.24, 2.45) is 0 Å². The summed E-state index contributed by atoms with van der Waals surface area (Å²) in [4.78, 5) is 17.6. The first kappa shape index (κ1) is 31.1. The molecule has 0 N–H and O–H groups in total. The monoisotopic (exact) mass is 583 g/mol. The fraction of sp³-hybridized carbons (Fsp3) is 0.486. The summed E-state index contributed by atoms with van der Waals surface area (Å²) >= 11 is 0. The third kappa shape index (κ3) is 9.07. The molecule has 5 rings (SSSR count). The lowest BCUT2D eigenvalue weighted by Crippen LogP contribution is -2.40. The SMILES string of the molecule is Cc1cc(Cc2[c]cc(OCc3ccccc3)cc2OCCN2CCCC2)ccc1CN1CCC[C@H]1C(=O)OC(C)(C)C. The number of likely N-dealkylation sites (tertiary alicyclic amines) is 2. The first-order valence-corrected chi connectivity index (χ1v) is 15.9. The van der Waals surface area contributed by atoms with Gasteiger partial charge in [0.2, 0.25) is 0 Å². The smallest absolute Gasteiger partial charge is 0.323 e. The molecule has 0 bridgehead atoms. The second-order valence-corrected chi connectivity index (χ2v) is 12.9. The maximum absolute atomic E-state index is 12.8. The van der Waals surface area contributed by atoms with Gasteiger partial charge < -0.3 is 14.2 Å². The second-order valence-electron chi connectivity index (χ2n) is 12.9. The van der Waals surface area contributed by atoms with E-state index < -0.39 is 5.60 Å². The van der Waals surface area contributed by atoms with Crippen molar-refractivity contribution in [3.8, 4) is 11.5 Å². The molecule has 2 heterocycles. The number of hydrogen-bond acceptors (Lipinski definition) is 6. The Labute approximate surface area is 257 Å². The number of esters is 1.